The second-order valence-electron chi connectivity index (χ2n) is 17.1. The van der Waals surface area contributed by atoms with Gasteiger partial charge in [-0.15, -0.1) is 21.5 Å². The molecule has 0 unspecified atom stereocenters. The van der Waals surface area contributed by atoms with Crippen LogP contribution in [0.15, 0.2) is 41.5 Å². The van der Waals surface area contributed by atoms with Crippen molar-refractivity contribution < 1.29 is 9.59 Å². The molecular formula is C46H62N12O3S. The highest BCUT2D eigenvalue weighted by molar-refractivity contribution is 7.11. The first-order valence-electron chi connectivity index (χ1n) is 22.9. The van der Waals surface area contributed by atoms with E-state index in [1.807, 2.05) is 31.3 Å². The maximum atomic E-state index is 12.8. The van der Waals surface area contributed by atoms with Crippen molar-refractivity contribution in [3.63, 3.8) is 0 Å². The molecule has 0 radical (unpaired) electrons. The van der Waals surface area contributed by atoms with E-state index in [0.717, 1.165) is 148 Å². The Morgan fingerprint density at radius 2 is 1.76 bits per heavy atom. The number of aryl methyl sites for hydroxylation is 4. The van der Waals surface area contributed by atoms with Crippen LogP contribution in [0.3, 0.4) is 0 Å². The second-order valence-corrected chi connectivity index (χ2v) is 18.4. The predicted octanol–water partition coefficient (Wildman–Crippen LogP) is 5.66. The van der Waals surface area contributed by atoms with Crippen LogP contribution in [0.1, 0.15) is 126 Å². The van der Waals surface area contributed by atoms with E-state index in [2.05, 4.69) is 62.0 Å². The summed E-state index contributed by atoms with van der Waals surface area (Å²) < 4.78 is 2.40. The average Bonchev–Trinajstić information content (AvgIpc) is 3.96. The predicted molar refractivity (Wildman–Crippen MR) is 242 cm³/mol. The number of hydrogen-bond acceptors (Lipinski definition) is 12. The van der Waals surface area contributed by atoms with Crippen molar-refractivity contribution in [2.75, 3.05) is 50.7 Å². The van der Waals surface area contributed by atoms with Crippen LogP contribution in [-0.2, 0) is 43.7 Å². The lowest BCUT2D eigenvalue weighted by atomic mass is 10.1. The summed E-state index contributed by atoms with van der Waals surface area (Å²) in [4.78, 5) is 63.2. The molecule has 0 bridgehead atoms. The van der Waals surface area contributed by atoms with Crippen LogP contribution >= 0.6 is 11.3 Å². The van der Waals surface area contributed by atoms with Crippen molar-refractivity contribution in [3.05, 3.63) is 91.1 Å². The van der Waals surface area contributed by atoms with Gasteiger partial charge >= 0.3 is 0 Å². The number of unbranched alkanes of at least 4 members (excludes halogenated alkanes) is 2. The van der Waals surface area contributed by atoms with E-state index in [4.69, 9.17) is 4.98 Å². The molecule has 0 saturated carbocycles. The first-order valence-corrected chi connectivity index (χ1v) is 23.7. The third-order valence-electron chi connectivity index (χ3n) is 12.7. The van der Waals surface area contributed by atoms with Gasteiger partial charge in [-0.2, -0.15) is 0 Å². The molecule has 8 rings (SSSR count). The maximum absolute atomic E-state index is 12.8. The molecule has 15 nitrogen and oxygen atoms in total. The summed E-state index contributed by atoms with van der Waals surface area (Å²) in [5.74, 6) is 2.20. The highest BCUT2D eigenvalue weighted by Gasteiger charge is 2.32. The summed E-state index contributed by atoms with van der Waals surface area (Å²) in [7, 11) is 0. The Bertz CT molecular complexity index is 2350. The fourth-order valence-electron chi connectivity index (χ4n) is 9.12. The summed E-state index contributed by atoms with van der Waals surface area (Å²) in [5, 5.41) is 16.5. The van der Waals surface area contributed by atoms with Crippen LogP contribution in [0.25, 0.3) is 11.0 Å². The van der Waals surface area contributed by atoms with Crippen molar-refractivity contribution in [1.29, 1.82) is 0 Å². The SMILES string of the molecule is CCc1cc2ncc(CN3CCN(c4ccc(C(=O)NCCCCCC(=O)NCCCc5nc(CN6CCC[C@H]6c6nnc7n6CCCCC7)sc5C)nc4)CC3)cc2[nH]c1=O. The number of piperazine rings is 1. The first kappa shape index (κ1) is 43.6. The third kappa shape index (κ3) is 10.9. The van der Waals surface area contributed by atoms with Gasteiger partial charge in [0.25, 0.3) is 11.5 Å². The number of carbonyl (C=O) groups excluding carboxylic acids is 2. The highest BCUT2D eigenvalue weighted by atomic mass is 32.1. The van der Waals surface area contributed by atoms with Gasteiger partial charge in [-0.25, -0.2) is 9.97 Å². The number of likely N-dealkylation sites (tertiary alicyclic amines) is 1. The Balaban J connectivity index is 0.674. The minimum absolute atomic E-state index is 0.0446. The monoisotopic (exact) mass is 862 g/mol. The van der Waals surface area contributed by atoms with Crippen molar-refractivity contribution in [3.8, 4) is 0 Å². The fraction of sp³-hybridized carbons (Fsp3) is 0.565. The molecular weight excluding hydrogens is 801 g/mol. The Hall–Kier alpha value is -5.06. The molecule has 3 aliphatic heterocycles. The van der Waals surface area contributed by atoms with E-state index in [0.29, 0.717) is 37.7 Å². The molecule has 330 valence electrons. The number of nitrogens with one attached hydrogen (secondary N) is 3. The number of hydrogen-bond donors (Lipinski definition) is 3. The number of aromatic amines is 1. The van der Waals surface area contributed by atoms with Gasteiger partial charge in [0.1, 0.15) is 22.4 Å². The van der Waals surface area contributed by atoms with Gasteiger partial charge in [-0.1, -0.05) is 19.8 Å². The van der Waals surface area contributed by atoms with Gasteiger partial charge in [-0.3, -0.25) is 29.2 Å². The molecule has 3 N–H and O–H groups in total. The first-order chi connectivity index (χ1) is 30.3. The summed E-state index contributed by atoms with van der Waals surface area (Å²) >= 11 is 1.80. The quantitative estimate of drug-likeness (QED) is 0.0930. The molecule has 62 heavy (non-hydrogen) atoms. The lowest BCUT2D eigenvalue weighted by Gasteiger charge is -2.36. The van der Waals surface area contributed by atoms with E-state index in [9.17, 15) is 14.4 Å². The Morgan fingerprint density at radius 3 is 2.60 bits per heavy atom. The maximum Gasteiger partial charge on any atom is 0.269 e. The standard InChI is InChI=1S/C46H62N12O3S/c1-3-34-27-38-39(52-45(34)60)26-33(28-49-38)30-55-22-24-56(25-23-55)35-16-17-37(50-29-35)46(61)48-18-8-4-7-15-42(59)47-19-10-12-36-32(2)62-43(51-36)31-57-20-11-13-40(57)44-54-53-41-14-6-5-9-21-58(41)44/h16-17,26-29,40H,3-15,18-25,30-31H2,1-2H3,(H,47,59)(H,48,61)(H,52,60)/t40-/m0/s1. The van der Waals surface area contributed by atoms with Crippen molar-refractivity contribution in [2.24, 2.45) is 0 Å². The number of nitrogens with zero attached hydrogens (tertiary/aromatic N) is 9. The molecule has 1 atom stereocenters. The number of aromatic nitrogens is 7. The molecule has 0 spiro atoms. The van der Waals surface area contributed by atoms with Crippen LogP contribution in [-0.4, -0.2) is 102 Å². The number of rotatable bonds is 18. The minimum atomic E-state index is -0.182. The van der Waals surface area contributed by atoms with Gasteiger partial charge in [0, 0.05) is 81.8 Å². The van der Waals surface area contributed by atoms with Gasteiger partial charge in [0.05, 0.1) is 41.2 Å². The van der Waals surface area contributed by atoms with Gasteiger partial charge in [0.2, 0.25) is 5.91 Å². The molecule has 2 saturated heterocycles. The van der Waals surface area contributed by atoms with Crippen LogP contribution < -0.4 is 21.1 Å². The molecule has 2 fully saturated rings. The van der Waals surface area contributed by atoms with Gasteiger partial charge in [0.15, 0.2) is 0 Å². The van der Waals surface area contributed by atoms with E-state index >= 15 is 0 Å². The molecule has 8 heterocycles. The number of thiazole rings is 1. The number of carbonyl (C=O) groups is 2. The van der Waals surface area contributed by atoms with Crippen LogP contribution in [0.2, 0.25) is 0 Å². The van der Waals surface area contributed by atoms with Crippen molar-refractivity contribution >= 4 is 39.9 Å². The lowest BCUT2D eigenvalue weighted by molar-refractivity contribution is -0.121. The average molecular weight is 863 g/mol. The van der Waals surface area contributed by atoms with Crippen LogP contribution in [0.4, 0.5) is 5.69 Å². The molecule has 2 amide bonds. The highest BCUT2D eigenvalue weighted by Crippen LogP contribution is 2.34. The second kappa shape index (κ2) is 20.9. The molecule has 0 aromatic carbocycles. The number of amides is 2. The minimum Gasteiger partial charge on any atom is -0.368 e. The number of anilines is 1. The van der Waals surface area contributed by atoms with Crippen LogP contribution in [0.5, 0.6) is 0 Å². The smallest absolute Gasteiger partial charge is 0.269 e. The topological polar surface area (TPSA) is 170 Å². The molecule has 3 aliphatic rings. The molecule has 5 aromatic rings. The molecule has 5 aromatic heterocycles. The summed E-state index contributed by atoms with van der Waals surface area (Å²) in [5.41, 5.74) is 5.92. The number of H-pyrrole nitrogens is 1. The summed E-state index contributed by atoms with van der Waals surface area (Å²) in [6.07, 6.45) is 16.0. The van der Waals surface area contributed by atoms with E-state index in [-0.39, 0.29) is 17.4 Å². The zero-order valence-corrected chi connectivity index (χ0v) is 37.3. The van der Waals surface area contributed by atoms with Crippen molar-refractivity contribution in [1.82, 2.24) is 55.1 Å². The largest absolute Gasteiger partial charge is 0.368 e. The Kier molecular flexibility index (Phi) is 14.7. The zero-order valence-electron chi connectivity index (χ0n) is 36.5. The Morgan fingerprint density at radius 1 is 0.887 bits per heavy atom. The summed E-state index contributed by atoms with van der Waals surface area (Å²) in [6, 6.07) is 7.98. The van der Waals surface area contributed by atoms with Crippen molar-refractivity contribution in [2.45, 2.75) is 123 Å². The van der Waals surface area contributed by atoms with E-state index in [1.165, 1.54) is 30.6 Å². The zero-order chi connectivity index (χ0) is 42.8. The summed E-state index contributed by atoms with van der Waals surface area (Å²) in [6.45, 7) is 12.5. The van der Waals surface area contributed by atoms with E-state index < -0.39 is 0 Å². The lowest BCUT2D eigenvalue weighted by Crippen LogP contribution is -2.46. The Labute approximate surface area is 368 Å². The van der Waals surface area contributed by atoms with Gasteiger partial charge in [-0.05, 0) is 101 Å². The molecule has 0 aliphatic carbocycles. The van der Waals surface area contributed by atoms with Crippen LogP contribution in [0, 0.1) is 6.92 Å². The molecule has 16 heteroatoms. The fourth-order valence-corrected chi connectivity index (χ4v) is 10.1. The number of fused-ring (bicyclic) bond motifs is 2. The number of pyridine rings is 3. The third-order valence-corrected chi connectivity index (χ3v) is 13.7. The normalized spacial score (nSPS) is 17.3. The van der Waals surface area contributed by atoms with Gasteiger partial charge < -0.3 is 25.1 Å². The van der Waals surface area contributed by atoms with E-state index in [1.54, 1.807) is 23.6 Å².